The molecule has 0 aliphatic carbocycles. The molecule has 0 bridgehead atoms. The van der Waals surface area contributed by atoms with Gasteiger partial charge in [-0.1, -0.05) is 0 Å². The van der Waals surface area contributed by atoms with Crippen LogP contribution in [0.15, 0.2) is 16.9 Å². The molecule has 1 aliphatic rings. The maximum atomic E-state index is 11.4. The summed E-state index contributed by atoms with van der Waals surface area (Å²) in [4.78, 5) is 11.4. The van der Waals surface area contributed by atoms with Gasteiger partial charge in [0.15, 0.2) is 5.65 Å². The van der Waals surface area contributed by atoms with Crippen LogP contribution in [0.5, 0.6) is 0 Å². The molecule has 0 amide bonds. The van der Waals surface area contributed by atoms with Crippen LogP contribution in [-0.4, -0.2) is 38.6 Å². The normalized spacial score (nSPS) is 24.3. The monoisotopic (exact) mass is 235 g/mol. The molecule has 0 radical (unpaired) electrons. The van der Waals surface area contributed by atoms with Crippen LogP contribution in [0.1, 0.15) is 13.3 Å². The first-order chi connectivity index (χ1) is 8.24. The molecule has 0 aromatic carbocycles. The molecule has 1 aliphatic heterocycles. The van der Waals surface area contributed by atoms with Crippen molar-refractivity contribution in [2.75, 3.05) is 11.9 Å². The number of aromatic amines is 1. The van der Waals surface area contributed by atoms with Gasteiger partial charge in [0.05, 0.1) is 12.1 Å². The molecule has 3 rings (SSSR count). The third-order valence-electron chi connectivity index (χ3n) is 2.98. The smallest absolute Gasteiger partial charge is 0.364 e. The summed E-state index contributed by atoms with van der Waals surface area (Å²) in [5.41, 5.74) is 0.177. The van der Waals surface area contributed by atoms with Gasteiger partial charge < -0.3 is 10.1 Å². The zero-order valence-electron chi connectivity index (χ0n) is 9.38. The summed E-state index contributed by atoms with van der Waals surface area (Å²) >= 11 is 0. The average molecular weight is 235 g/mol. The Kier molecular flexibility index (Phi) is 2.32. The van der Waals surface area contributed by atoms with Crippen molar-refractivity contribution < 1.29 is 4.74 Å². The van der Waals surface area contributed by atoms with Crippen LogP contribution in [-0.2, 0) is 4.74 Å². The van der Waals surface area contributed by atoms with Gasteiger partial charge in [0.25, 0.3) is 0 Å². The van der Waals surface area contributed by atoms with Crippen LogP contribution < -0.4 is 11.0 Å². The third-order valence-corrected chi connectivity index (χ3v) is 2.98. The van der Waals surface area contributed by atoms with Crippen LogP contribution in [0.25, 0.3) is 5.65 Å². The molecular formula is C10H13N5O2. The van der Waals surface area contributed by atoms with E-state index in [1.807, 2.05) is 6.92 Å². The highest BCUT2D eigenvalue weighted by Gasteiger charge is 2.24. The number of anilines is 1. The Bertz CT molecular complexity index is 590. The van der Waals surface area contributed by atoms with Gasteiger partial charge in [-0.15, -0.1) is 5.10 Å². The minimum Gasteiger partial charge on any atom is -0.376 e. The van der Waals surface area contributed by atoms with Gasteiger partial charge in [0.1, 0.15) is 5.82 Å². The number of nitrogens with one attached hydrogen (secondary N) is 2. The minimum absolute atomic E-state index is 0.161. The lowest BCUT2D eigenvalue weighted by Crippen LogP contribution is -2.27. The highest BCUT2D eigenvalue weighted by Crippen LogP contribution is 2.17. The summed E-state index contributed by atoms with van der Waals surface area (Å²) in [6.07, 6.45) is 1.11. The highest BCUT2D eigenvalue weighted by atomic mass is 16.5. The van der Waals surface area contributed by atoms with E-state index in [1.54, 1.807) is 12.1 Å². The second-order valence-electron chi connectivity index (χ2n) is 4.13. The first-order valence-electron chi connectivity index (χ1n) is 5.56. The van der Waals surface area contributed by atoms with E-state index in [-0.39, 0.29) is 17.8 Å². The van der Waals surface area contributed by atoms with Gasteiger partial charge in [0.2, 0.25) is 0 Å². The van der Waals surface area contributed by atoms with Crippen LogP contribution in [0.3, 0.4) is 0 Å². The van der Waals surface area contributed by atoms with Crippen molar-refractivity contribution >= 4 is 11.5 Å². The van der Waals surface area contributed by atoms with Gasteiger partial charge in [-0.25, -0.2) is 9.89 Å². The number of nitrogens with zero attached hydrogens (tertiary/aromatic N) is 3. The van der Waals surface area contributed by atoms with Gasteiger partial charge in [-0.3, -0.25) is 0 Å². The number of fused-ring (bicyclic) bond motifs is 1. The second kappa shape index (κ2) is 3.85. The lowest BCUT2D eigenvalue weighted by atomic mass is 10.1. The number of ether oxygens (including phenoxy) is 1. The van der Waals surface area contributed by atoms with Crippen LogP contribution in [0, 0.1) is 0 Å². The van der Waals surface area contributed by atoms with E-state index in [2.05, 4.69) is 20.6 Å². The number of hydrogen-bond donors (Lipinski definition) is 2. The lowest BCUT2D eigenvalue weighted by molar-refractivity contribution is 0.121. The van der Waals surface area contributed by atoms with E-state index in [0.717, 1.165) is 13.0 Å². The second-order valence-corrected chi connectivity index (χ2v) is 4.13. The number of H-pyrrole nitrogens is 1. The largest absolute Gasteiger partial charge is 0.376 e. The predicted octanol–water partition coefficient (Wildman–Crippen LogP) is 0.00690. The number of aromatic nitrogens is 4. The van der Waals surface area contributed by atoms with E-state index in [9.17, 15) is 4.79 Å². The fourth-order valence-corrected chi connectivity index (χ4v) is 1.99. The van der Waals surface area contributed by atoms with E-state index >= 15 is 0 Å². The van der Waals surface area contributed by atoms with Gasteiger partial charge in [-0.05, 0) is 25.5 Å². The summed E-state index contributed by atoms with van der Waals surface area (Å²) in [6, 6.07) is 3.79. The summed E-state index contributed by atoms with van der Waals surface area (Å²) in [5, 5.41) is 13.6. The van der Waals surface area contributed by atoms with Crippen molar-refractivity contribution in [1.82, 2.24) is 19.8 Å². The molecular weight excluding hydrogens is 222 g/mol. The molecule has 2 aromatic heterocycles. The molecule has 1 fully saturated rings. The van der Waals surface area contributed by atoms with E-state index in [4.69, 9.17) is 4.74 Å². The third kappa shape index (κ3) is 1.78. The van der Waals surface area contributed by atoms with E-state index in [0.29, 0.717) is 11.5 Å². The van der Waals surface area contributed by atoms with Crippen molar-refractivity contribution in [3.05, 3.63) is 22.6 Å². The maximum Gasteiger partial charge on any atom is 0.364 e. The van der Waals surface area contributed by atoms with Crippen LogP contribution in [0.2, 0.25) is 0 Å². The molecule has 0 spiro atoms. The maximum absolute atomic E-state index is 11.4. The molecule has 2 aromatic rings. The summed E-state index contributed by atoms with van der Waals surface area (Å²) < 4.78 is 6.70. The first kappa shape index (κ1) is 10.3. The molecule has 2 unspecified atom stereocenters. The molecule has 2 N–H and O–H groups in total. The fraction of sp³-hybridized carbons (Fsp3) is 0.500. The number of rotatable bonds is 2. The minimum atomic E-state index is -0.334. The van der Waals surface area contributed by atoms with Crippen molar-refractivity contribution in [2.24, 2.45) is 0 Å². The van der Waals surface area contributed by atoms with Crippen molar-refractivity contribution in [1.29, 1.82) is 0 Å². The molecule has 2 atom stereocenters. The zero-order chi connectivity index (χ0) is 11.8. The average Bonchev–Trinajstić information content (AvgIpc) is 2.88. The Morgan fingerprint density at radius 2 is 2.47 bits per heavy atom. The highest BCUT2D eigenvalue weighted by molar-refractivity contribution is 5.43. The summed E-state index contributed by atoms with van der Waals surface area (Å²) in [6.45, 7) is 2.78. The molecule has 1 saturated heterocycles. The predicted molar refractivity (Wildman–Crippen MR) is 61.0 cm³/mol. The van der Waals surface area contributed by atoms with Gasteiger partial charge in [-0.2, -0.15) is 9.61 Å². The molecule has 90 valence electrons. The topological polar surface area (TPSA) is 84.3 Å². The number of hydrogen-bond acceptors (Lipinski definition) is 5. The van der Waals surface area contributed by atoms with Gasteiger partial charge in [0, 0.05) is 6.61 Å². The van der Waals surface area contributed by atoms with Crippen molar-refractivity contribution in [2.45, 2.75) is 25.5 Å². The zero-order valence-corrected chi connectivity index (χ0v) is 9.38. The Balaban J connectivity index is 1.90. The summed E-state index contributed by atoms with van der Waals surface area (Å²) in [5.74, 6) is 0.656. The fourth-order valence-electron chi connectivity index (χ4n) is 1.99. The quantitative estimate of drug-likeness (QED) is 0.765. The Hall–Kier alpha value is -1.89. The van der Waals surface area contributed by atoms with Crippen molar-refractivity contribution in [3.8, 4) is 0 Å². The van der Waals surface area contributed by atoms with Crippen molar-refractivity contribution in [3.63, 3.8) is 0 Å². The summed E-state index contributed by atoms with van der Waals surface area (Å²) in [7, 11) is 0. The molecule has 17 heavy (non-hydrogen) atoms. The standard InChI is InChI=1S/C10H13N5O2/c1-6-7(4-5-17-6)11-8-2-3-9-12-13-10(16)15(9)14-8/h2-3,6-7H,4-5H2,1H3,(H,11,14)(H,13,16). The van der Waals surface area contributed by atoms with Crippen LogP contribution in [0.4, 0.5) is 5.82 Å². The van der Waals surface area contributed by atoms with E-state index < -0.39 is 0 Å². The Labute approximate surface area is 96.8 Å². The van der Waals surface area contributed by atoms with E-state index in [1.165, 1.54) is 4.52 Å². The molecule has 0 saturated carbocycles. The van der Waals surface area contributed by atoms with Gasteiger partial charge >= 0.3 is 5.69 Å². The van der Waals surface area contributed by atoms with Crippen LogP contribution >= 0.6 is 0 Å². The molecule has 7 nitrogen and oxygen atoms in total. The Morgan fingerprint density at radius 1 is 1.59 bits per heavy atom. The molecule has 7 heteroatoms. The molecule has 3 heterocycles. The lowest BCUT2D eigenvalue weighted by Gasteiger charge is -2.16. The SMILES string of the molecule is CC1OCCC1Nc1ccc2n[nH]c(=O)n2n1. The first-order valence-corrected chi connectivity index (χ1v) is 5.56. The Morgan fingerprint density at radius 3 is 3.24 bits per heavy atom.